The van der Waals surface area contributed by atoms with E-state index in [1.165, 1.54) is 11.3 Å². The molecule has 1 saturated heterocycles. The molecule has 0 spiro atoms. The third-order valence-electron chi connectivity index (χ3n) is 5.53. The molecule has 0 atom stereocenters. The quantitative estimate of drug-likeness (QED) is 0.459. The summed E-state index contributed by atoms with van der Waals surface area (Å²) in [5.41, 5.74) is 2.52. The summed E-state index contributed by atoms with van der Waals surface area (Å²) in [5.74, 6) is 0.688. The molecule has 0 unspecified atom stereocenters. The lowest BCUT2D eigenvalue weighted by Crippen LogP contribution is -2.39. The van der Waals surface area contributed by atoms with Gasteiger partial charge in [0.15, 0.2) is 5.13 Å². The van der Waals surface area contributed by atoms with Crippen LogP contribution in [0.2, 0.25) is 5.02 Å². The molecular weight excluding hydrogens is 446 g/mol. The zero-order valence-electron chi connectivity index (χ0n) is 18.5. The van der Waals surface area contributed by atoms with Crippen LogP contribution in [-0.2, 0) is 4.74 Å². The minimum atomic E-state index is -0.0668. The van der Waals surface area contributed by atoms with Gasteiger partial charge in [-0.1, -0.05) is 29.0 Å². The zero-order chi connectivity index (χ0) is 22.5. The number of carbonyl (C=O) groups excluding carboxylic acids is 1. The number of rotatable bonds is 8. The molecule has 1 aromatic heterocycles. The van der Waals surface area contributed by atoms with Gasteiger partial charge in [-0.05, 0) is 56.2 Å². The Morgan fingerprint density at radius 3 is 2.66 bits per heavy atom. The molecular formula is C24H28ClN3O3S. The van der Waals surface area contributed by atoms with Crippen molar-refractivity contribution in [3.63, 3.8) is 0 Å². The van der Waals surface area contributed by atoms with Crippen LogP contribution in [-0.4, -0.2) is 61.8 Å². The van der Waals surface area contributed by atoms with Crippen molar-refractivity contribution in [1.29, 1.82) is 0 Å². The number of nitrogens with zero attached hydrogens (tertiary/aromatic N) is 3. The number of carbonyl (C=O) groups is 1. The average molecular weight is 474 g/mol. The third kappa shape index (κ3) is 5.23. The molecule has 1 aliphatic heterocycles. The number of anilines is 1. The number of morpholine rings is 1. The van der Waals surface area contributed by atoms with Crippen molar-refractivity contribution in [1.82, 2.24) is 9.88 Å². The highest BCUT2D eigenvalue weighted by Gasteiger charge is 2.23. The van der Waals surface area contributed by atoms with Crippen LogP contribution in [0.4, 0.5) is 5.13 Å². The van der Waals surface area contributed by atoms with E-state index < -0.39 is 0 Å². The summed E-state index contributed by atoms with van der Waals surface area (Å²) in [6.07, 6.45) is 0.853. The first-order valence-corrected chi connectivity index (χ1v) is 12.2. The second-order valence-electron chi connectivity index (χ2n) is 7.76. The summed E-state index contributed by atoms with van der Waals surface area (Å²) < 4.78 is 11.9. The molecule has 3 aromatic rings. The summed E-state index contributed by atoms with van der Waals surface area (Å²) in [6.45, 7) is 9.45. The van der Waals surface area contributed by atoms with Crippen LogP contribution in [0.3, 0.4) is 0 Å². The van der Waals surface area contributed by atoms with Crippen LogP contribution < -0.4 is 9.64 Å². The fourth-order valence-electron chi connectivity index (χ4n) is 3.78. The number of thiazole rings is 1. The maximum Gasteiger partial charge on any atom is 0.260 e. The largest absolute Gasteiger partial charge is 0.494 e. The highest BCUT2D eigenvalue weighted by molar-refractivity contribution is 7.23. The number of hydrogen-bond acceptors (Lipinski definition) is 6. The predicted molar refractivity (Wildman–Crippen MR) is 131 cm³/mol. The third-order valence-corrected chi connectivity index (χ3v) is 7.07. The molecule has 6 nitrogen and oxygen atoms in total. The summed E-state index contributed by atoms with van der Waals surface area (Å²) in [6, 6.07) is 11.1. The van der Waals surface area contributed by atoms with E-state index in [4.69, 9.17) is 26.1 Å². The SMILES string of the molecule is CCOc1ccc(C(=O)N(CCCN2CCOCC2)c2nc3c(C)ccc(Cl)c3s2)cc1. The smallest absolute Gasteiger partial charge is 0.260 e. The predicted octanol–water partition coefficient (Wildman–Crippen LogP) is 5.03. The van der Waals surface area contributed by atoms with E-state index in [0.717, 1.165) is 60.8 Å². The first kappa shape index (κ1) is 23.0. The number of benzene rings is 2. The number of ether oxygens (including phenoxy) is 2. The normalized spacial score (nSPS) is 14.6. The highest BCUT2D eigenvalue weighted by Crippen LogP contribution is 2.36. The van der Waals surface area contributed by atoms with Crippen molar-refractivity contribution in [2.45, 2.75) is 20.3 Å². The zero-order valence-corrected chi connectivity index (χ0v) is 20.0. The van der Waals surface area contributed by atoms with Crippen LogP contribution >= 0.6 is 22.9 Å². The fraction of sp³-hybridized carbons (Fsp3) is 0.417. The van der Waals surface area contributed by atoms with Crippen LogP contribution in [0.15, 0.2) is 36.4 Å². The Bertz CT molecular complexity index is 1030. The summed E-state index contributed by atoms with van der Waals surface area (Å²) in [7, 11) is 0. The van der Waals surface area contributed by atoms with Gasteiger partial charge in [-0.3, -0.25) is 14.6 Å². The van der Waals surface area contributed by atoms with E-state index in [2.05, 4.69) is 4.90 Å². The van der Waals surface area contributed by atoms with E-state index in [-0.39, 0.29) is 5.91 Å². The first-order valence-electron chi connectivity index (χ1n) is 11.0. The molecule has 2 aromatic carbocycles. The fourth-order valence-corrected chi connectivity index (χ4v) is 5.12. The van der Waals surface area contributed by atoms with E-state index in [1.807, 2.05) is 50.2 Å². The minimum Gasteiger partial charge on any atom is -0.494 e. The lowest BCUT2D eigenvalue weighted by atomic mass is 10.2. The molecule has 8 heteroatoms. The van der Waals surface area contributed by atoms with E-state index in [1.54, 1.807) is 4.90 Å². The number of hydrogen-bond donors (Lipinski definition) is 0. The van der Waals surface area contributed by atoms with Crippen molar-refractivity contribution in [3.8, 4) is 5.75 Å². The molecule has 170 valence electrons. The van der Waals surface area contributed by atoms with Crippen LogP contribution in [0.25, 0.3) is 10.2 Å². The molecule has 0 bridgehead atoms. The maximum absolute atomic E-state index is 13.5. The molecule has 0 radical (unpaired) electrons. The van der Waals surface area contributed by atoms with E-state index in [0.29, 0.717) is 28.9 Å². The Morgan fingerprint density at radius 2 is 1.97 bits per heavy atom. The molecule has 0 N–H and O–H groups in total. The van der Waals surface area contributed by atoms with Crippen molar-refractivity contribution >= 4 is 44.2 Å². The van der Waals surface area contributed by atoms with Crippen LogP contribution in [0.5, 0.6) is 5.75 Å². The summed E-state index contributed by atoms with van der Waals surface area (Å²) in [5, 5.41) is 1.34. The van der Waals surface area contributed by atoms with Gasteiger partial charge in [0.1, 0.15) is 5.75 Å². The van der Waals surface area contributed by atoms with Gasteiger partial charge in [0.25, 0.3) is 5.91 Å². The second-order valence-corrected chi connectivity index (χ2v) is 9.14. The molecule has 0 saturated carbocycles. The standard InChI is InChI=1S/C24H28ClN3O3S/c1-3-31-19-8-6-18(7-9-19)23(29)28(12-4-11-27-13-15-30-16-14-27)24-26-21-17(2)5-10-20(25)22(21)32-24/h5-10H,3-4,11-16H2,1-2H3. The molecule has 0 aliphatic carbocycles. The topological polar surface area (TPSA) is 54.9 Å². The van der Waals surface area contributed by atoms with Crippen molar-refractivity contribution in [2.75, 3.05) is 50.9 Å². The van der Waals surface area contributed by atoms with E-state index >= 15 is 0 Å². The average Bonchev–Trinajstić information content (AvgIpc) is 3.27. The van der Waals surface area contributed by atoms with Crippen molar-refractivity contribution in [3.05, 3.63) is 52.5 Å². The van der Waals surface area contributed by atoms with E-state index in [9.17, 15) is 4.79 Å². The number of halogens is 1. The molecule has 2 heterocycles. The van der Waals surface area contributed by atoms with Crippen LogP contribution in [0.1, 0.15) is 29.3 Å². The molecule has 32 heavy (non-hydrogen) atoms. The maximum atomic E-state index is 13.5. The van der Waals surface area contributed by atoms with Crippen molar-refractivity contribution < 1.29 is 14.3 Å². The number of fused-ring (bicyclic) bond motifs is 1. The van der Waals surface area contributed by atoms with Gasteiger partial charge in [0, 0.05) is 31.7 Å². The van der Waals surface area contributed by atoms with Crippen molar-refractivity contribution in [2.24, 2.45) is 0 Å². The Kier molecular flexibility index (Phi) is 7.63. The first-order chi connectivity index (χ1) is 15.6. The Labute approximate surface area is 197 Å². The number of aromatic nitrogens is 1. The van der Waals surface area contributed by atoms with Gasteiger partial charge in [-0.25, -0.2) is 4.98 Å². The van der Waals surface area contributed by atoms with Gasteiger partial charge < -0.3 is 9.47 Å². The van der Waals surface area contributed by atoms with Gasteiger partial charge in [0.05, 0.1) is 35.1 Å². The van der Waals surface area contributed by atoms with Crippen LogP contribution in [0, 0.1) is 6.92 Å². The highest BCUT2D eigenvalue weighted by atomic mass is 35.5. The second kappa shape index (κ2) is 10.6. The molecule has 1 amide bonds. The lowest BCUT2D eigenvalue weighted by Gasteiger charge is -2.27. The summed E-state index contributed by atoms with van der Waals surface area (Å²) >= 11 is 7.90. The minimum absolute atomic E-state index is 0.0668. The lowest BCUT2D eigenvalue weighted by molar-refractivity contribution is 0.0376. The summed E-state index contributed by atoms with van der Waals surface area (Å²) in [4.78, 5) is 22.5. The Hall–Kier alpha value is -2.19. The van der Waals surface area contributed by atoms with Gasteiger partial charge in [-0.2, -0.15) is 0 Å². The van der Waals surface area contributed by atoms with Gasteiger partial charge in [-0.15, -0.1) is 0 Å². The monoisotopic (exact) mass is 473 g/mol. The Morgan fingerprint density at radius 1 is 1.22 bits per heavy atom. The van der Waals surface area contributed by atoms with Gasteiger partial charge >= 0.3 is 0 Å². The number of aryl methyl sites for hydroxylation is 1. The molecule has 1 aliphatic rings. The van der Waals surface area contributed by atoms with Gasteiger partial charge in [0.2, 0.25) is 0 Å². The number of amides is 1. The Balaban J connectivity index is 1.59. The molecule has 1 fully saturated rings. The molecule has 4 rings (SSSR count).